The Balaban J connectivity index is 2.43. The van der Waals surface area contributed by atoms with Gasteiger partial charge >= 0.3 is 0 Å². The van der Waals surface area contributed by atoms with Crippen molar-refractivity contribution in [3.8, 4) is 0 Å². The number of rotatable bonds is 5. The van der Waals surface area contributed by atoms with Gasteiger partial charge in [0.05, 0.1) is 0 Å². The summed E-state index contributed by atoms with van der Waals surface area (Å²) in [7, 11) is 2.00. The van der Waals surface area contributed by atoms with E-state index in [2.05, 4.69) is 12.2 Å². The van der Waals surface area contributed by atoms with Gasteiger partial charge in [-0.3, -0.25) is 4.79 Å². The molecule has 0 aromatic rings. The van der Waals surface area contributed by atoms with E-state index in [-0.39, 0.29) is 12.5 Å². The molecule has 1 N–H and O–H groups in total. The van der Waals surface area contributed by atoms with Crippen LogP contribution in [0.15, 0.2) is 0 Å². The summed E-state index contributed by atoms with van der Waals surface area (Å²) in [6.07, 6.45) is 2.16. The van der Waals surface area contributed by atoms with Gasteiger partial charge in [-0.05, 0) is 26.3 Å². The van der Waals surface area contributed by atoms with Crippen LogP contribution in [-0.2, 0) is 9.53 Å². The molecule has 1 aliphatic rings. The normalized spacial score (nSPS) is 25.8. The van der Waals surface area contributed by atoms with Gasteiger partial charge in [-0.2, -0.15) is 0 Å². The first kappa shape index (κ1) is 13.5. The van der Waals surface area contributed by atoms with Crippen molar-refractivity contribution in [2.75, 3.05) is 33.4 Å². The number of hydrogen-bond donors (Lipinski definition) is 1. The molecule has 16 heavy (non-hydrogen) atoms. The van der Waals surface area contributed by atoms with E-state index in [1.165, 1.54) is 0 Å². The molecule has 2 unspecified atom stereocenters. The first-order valence-electron chi connectivity index (χ1n) is 6.25. The second-order valence-electron chi connectivity index (χ2n) is 4.33. The lowest BCUT2D eigenvalue weighted by Crippen LogP contribution is -2.50. The number of hydrogen-bond acceptors (Lipinski definition) is 3. The molecule has 94 valence electrons. The fraction of sp³-hybridized carbons (Fsp3) is 0.917. The van der Waals surface area contributed by atoms with Gasteiger partial charge in [-0.25, -0.2) is 0 Å². The minimum atomic E-state index is 0.134. The summed E-state index contributed by atoms with van der Waals surface area (Å²) in [6, 6.07) is 0.557. The zero-order chi connectivity index (χ0) is 12.0. The minimum absolute atomic E-state index is 0.134. The van der Waals surface area contributed by atoms with E-state index in [9.17, 15) is 4.79 Å². The second kappa shape index (κ2) is 6.86. The van der Waals surface area contributed by atoms with Gasteiger partial charge in [-0.15, -0.1) is 0 Å². The lowest BCUT2D eigenvalue weighted by atomic mass is 9.90. The number of carbonyl (C=O) groups excluding carboxylic acids is 1. The molecule has 0 aromatic carbocycles. The van der Waals surface area contributed by atoms with Gasteiger partial charge in [-0.1, -0.05) is 13.3 Å². The van der Waals surface area contributed by atoms with Gasteiger partial charge in [0, 0.05) is 25.7 Å². The molecule has 4 heteroatoms. The molecule has 0 saturated carbocycles. The highest BCUT2D eigenvalue weighted by Gasteiger charge is 2.29. The lowest BCUT2D eigenvalue weighted by Gasteiger charge is -2.38. The molecule has 4 nitrogen and oxygen atoms in total. The maximum absolute atomic E-state index is 11.8. The monoisotopic (exact) mass is 228 g/mol. The van der Waals surface area contributed by atoms with Gasteiger partial charge in [0.15, 0.2) is 0 Å². The van der Waals surface area contributed by atoms with Crippen molar-refractivity contribution in [1.29, 1.82) is 0 Å². The minimum Gasteiger partial charge on any atom is -0.372 e. The molecular formula is C12H24N2O2. The van der Waals surface area contributed by atoms with Crippen LogP contribution < -0.4 is 5.32 Å². The number of carbonyl (C=O) groups is 1. The Kier molecular flexibility index (Phi) is 5.77. The number of likely N-dealkylation sites (tertiary alicyclic amines) is 1. The standard InChI is InChI=1S/C12H24N2O2/c1-4-10-8-14(7-6-11(10)13-3)12(15)9-16-5-2/h10-11,13H,4-9H2,1-3H3. The highest BCUT2D eigenvalue weighted by atomic mass is 16.5. The molecule has 1 rings (SSSR count). The van der Waals surface area contributed by atoms with Crippen LogP contribution in [0.1, 0.15) is 26.7 Å². The molecule has 1 heterocycles. The summed E-state index contributed by atoms with van der Waals surface area (Å²) in [5.74, 6) is 0.708. The third-order valence-corrected chi connectivity index (χ3v) is 3.41. The highest BCUT2D eigenvalue weighted by molar-refractivity contribution is 5.77. The largest absolute Gasteiger partial charge is 0.372 e. The van der Waals surface area contributed by atoms with Crippen LogP contribution in [0.25, 0.3) is 0 Å². The molecular weight excluding hydrogens is 204 g/mol. The van der Waals surface area contributed by atoms with E-state index in [0.717, 1.165) is 25.9 Å². The van der Waals surface area contributed by atoms with Gasteiger partial charge in [0.25, 0.3) is 0 Å². The summed E-state index contributed by atoms with van der Waals surface area (Å²) in [5.41, 5.74) is 0. The number of nitrogens with zero attached hydrogens (tertiary/aromatic N) is 1. The first-order chi connectivity index (χ1) is 7.72. The average molecular weight is 228 g/mol. The Hall–Kier alpha value is -0.610. The quantitative estimate of drug-likeness (QED) is 0.759. The Morgan fingerprint density at radius 2 is 2.25 bits per heavy atom. The van der Waals surface area contributed by atoms with Gasteiger partial charge < -0.3 is 15.0 Å². The van der Waals surface area contributed by atoms with Crippen LogP contribution in [0.2, 0.25) is 0 Å². The zero-order valence-corrected chi connectivity index (χ0v) is 10.7. The van der Waals surface area contributed by atoms with E-state index in [1.807, 2.05) is 18.9 Å². The summed E-state index contributed by atoms with van der Waals surface area (Å²) in [6.45, 7) is 6.66. The Bertz CT molecular complexity index is 221. The Morgan fingerprint density at radius 3 is 2.81 bits per heavy atom. The molecule has 1 fully saturated rings. The van der Waals surface area contributed by atoms with E-state index < -0.39 is 0 Å². The van der Waals surface area contributed by atoms with Gasteiger partial charge in [0.2, 0.25) is 5.91 Å². The third kappa shape index (κ3) is 3.46. The van der Waals surface area contributed by atoms with Crippen molar-refractivity contribution >= 4 is 5.91 Å². The number of amides is 1. The predicted molar refractivity (Wildman–Crippen MR) is 64.3 cm³/mol. The molecule has 0 bridgehead atoms. The molecule has 0 radical (unpaired) electrons. The summed E-state index contributed by atoms with van der Waals surface area (Å²) in [4.78, 5) is 13.7. The van der Waals surface area contributed by atoms with E-state index >= 15 is 0 Å². The lowest BCUT2D eigenvalue weighted by molar-refractivity contribution is -0.138. The molecule has 0 aliphatic carbocycles. The number of ether oxygens (including phenoxy) is 1. The van der Waals surface area contributed by atoms with Crippen molar-refractivity contribution in [2.24, 2.45) is 5.92 Å². The van der Waals surface area contributed by atoms with E-state index in [4.69, 9.17) is 4.74 Å². The van der Waals surface area contributed by atoms with Crippen LogP contribution in [0.3, 0.4) is 0 Å². The number of piperidine rings is 1. The van der Waals surface area contributed by atoms with Crippen molar-refractivity contribution < 1.29 is 9.53 Å². The van der Waals surface area contributed by atoms with Crippen LogP contribution in [0.5, 0.6) is 0 Å². The predicted octanol–water partition coefficient (Wildman–Crippen LogP) is 0.869. The topological polar surface area (TPSA) is 41.6 Å². The average Bonchev–Trinajstić information content (AvgIpc) is 2.34. The maximum atomic E-state index is 11.8. The van der Waals surface area contributed by atoms with E-state index in [0.29, 0.717) is 18.6 Å². The Labute approximate surface area is 98.3 Å². The third-order valence-electron chi connectivity index (χ3n) is 3.41. The summed E-state index contributed by atoms with van der Waals surface area (Å²) in [5, 5.41) is 3.34. The Morgan fingerprint density at radius 1 is 1.50 bits per heavy atom. The first-order valence-corrected chi connectivity index (χ1v) is 6.25. The second-order valence-corrected chi connectivity index (χ2v) is 4.33. The van der Waals surface area contributed by atoms with Crippen LogP contribution in [0, 0.1) is 5.92 Å². The SMILES string of the molecule is CCOCC(=O)N1CCC(NC)C(CC)C1. The zero-order valence-electron chi connectivity index (χ0n) is 10.7. The van der Waals surface area contributed by atoms with E-state index in [1.54, 1.807) is 0 Å². The molecule has 1 saturated heterocycles. The molecule has 0 aromatic heterocycles. The van der Waals surface area contributed by atoms with Crippen molar-refractivity contribution in [1.82, 2.24) is 10.2 Å². The smallest absolute Gasteiger partial charge is 0.248 e. The number of nitrogens with one attached hydrogen (secondary N) is 1. The summed E-state index contributed by atoms with van der Waals surface area (Å²) < 4.78 is 5.16. The molecule has 0 spiro atoms. The molecule has 1 amide bonds. The van der Waals surface area contributed by atoms with Crippen LogP contribution in [0.4, 0.5) is 0 Å². The van der Waals surface area contributed by atoms with Crippen molar-refractivity contribution in [3.05, 3.63) is 0 Å². The van der Waals surface area contributed by atoms with Crippen molar-refractivity contribution in [3.63, 3.8) is 0 Å². The maximum Gasteiger partial charge on any atom is 0.248 e. The molecule has 2 atom stereocenters. The highest BCUT2D eigenvalue weighted by Crippen LogP contribution is 2.19. The van der Waals surface area contributed by atoms with Crippen LogP contribution in [-0.4, -0.2) is 50.2 Å². The fourth-order valence-electron chi connectivity index (χ4n) is 2.33. The van der Waals surface area contributed by atoms with Crippen molar-refractivity contribution in [2.45, 2.75) is 32.7 Å². The fourth-order valence-corrected chi connectivity index (χ4v) is 2.33. The van der Waals surface area contributed by atoms with Gasteiger partial charge in [0.1, 0.15) is 6.61 Å². The summed E-state index contributed by atoms with van der Waals surface area (Å²) >= 11 is 0. The van der Waals surface area contributed by atoms with Crippen LogP contribution >= 0.6 is 0 Å². The molecule has 1 aliphatic heterocycles.